The largest absolute Gasteiger partial charge is 0.462 e. The first-order valence-corrected chi connectivity index (χ1v) is 5.93. The van der Waals surface area contributed by atoms with Crippen molar-refractivity contribution >= 4 is 11.9 Å². The molecule has 0 aromatic heterocycles. The van der Waals surface area contributed by atoms with Crippen molar-refractivity contribution in [2.24, 2.45) is 0 Å². The van der Waals surface area contributed by atoms with Gasteiger partial charge < -0.3 is 14.2 Å². The van der Waals surface area contributed by atoms with E-state index in [1.165, 1.54) is 13.0 Å². The summed E-state index contributed by atoms with van der Waals surface area (Å²) in [5, 5.41) is 0. The molecule has 0 unspecified atom stereocenters. The van der Waals surface area contributed by atoms with Gasteiger partial charge >= 0.3 is 24.0 Å². The maximum absolute atomic E-state index is 13.0. The molecule has 22 heavy (non-hydrogen) atoms. The Labute approximate surface area is 123 Å². The first-order chi connectivity index (χ1) is 10.4. The molecule has 0 aliphatic carbocycles. The highest BCUT2D eigenvalue weighted by Crippen LogP contribution is 2.34. The molecule has 118 valence electrons. The third-order valence-electron chi connectivity index (χ3n) is 2.19. The standard InChI is InChI=1S/C14H11F3O5/c1-3-10(18)21-9-7-5-6-8(14(19)20-4-2)11(9)22-13(17)12(15)16/h3,5-7H,1,4H2,2H3. The van der Waals surface area contributed by atoms with Crippen LogP contribution in [0.2, 0.25) is 0 Å². The van der Waals surface area contributed by atoms with Gasteiger partial charge in [0, 0.05) is 6.08 Å². The zero-order valence-corrected chi connectivity index (χ0v) is 11.4. The number of benzene rings is 1. The normalized spacial score (nSPS) is 9.64. The molecule has 5 nitrogen and oxygen atoms in total. The minimum absolute atomic E-state index is 0.00919. The first kappa shape index (κ1) is 17.3. The van der Waals surface area contributed by atoms with Gasteiger partial charge in [0.2, 0.25) is 0 Å². The Balaban J connectivity index is 3.34. The molecule has 1 aromatic rings. The van der Waals surface area contributed by atoms with Crippen molar-refractivity contribution in [2.75, 3.05) is 6.61 Å². The average Bonchev–Trinajstić information content (AvgIpc) is 2.48. The van der Waals surface area contributed by atoms with Crippen molar-refractivity contribution in [3.05, 3.63) is 48.5 Å². The predicted octanol–water partition coefficient (Wildman–Crippen LogP) is 3.37. The highest BCUT2D eigenvalue weighted by atomic mass is 19.3. The van der Waals surface area contributed by atoms with Gasteiger partial charge in [-0.2, -0.15) is 13.2 Å². The van der Waals surface area contributed by atoms with Crippen LogP contribution in [0.15, 0.2) is 42.9 Å². The average molecular weight is 316 g/mol. The van der Waals surface area contributed by atoms with E-state index < -0.39 is 35.5 Å². The van der Waals surface area contributed by atoms with Gasteiger partial charge in [0.05, 0.1) is 6.61 Å². The quantitative estimate of drug-likeness (QED) is 0.348. The lowest BCUT2D eigenvalue weighted by Crippen LogP contribution is -2.10. The predicted molar refractivity (Wildman–Crippen MR) is 69.2 cm³/mol. The summed E-state index contributed by atoms with van der Waals surface area (Å²) in [6, 6.07) is 1.32. The summed E-state index contributed by atoms with van der Waals surface area (Å²) in [5.74, 6) is -3.05. The fourth-order valence-electron chi connectivity index (χ4n) is 1.35. The molecule has 0 saturated carbocycles. The second-order valence-corrected chi connectivity index (χ2v) is 3.61. The Morgan fingerprint density at radius 1 is 1.23 bits per heavy atom. The van der Waals surface area contributed by atoms with E-state index in [1.807, 2.05) is 0 Å². The van der Waals surface area contributed by atoms with E-state index in [4.69, 9.17) is 9.47 Å². The van der Waals surface area contributed by atoms with E-state index in [1.54, 1.807) is 0 Å². The van der Waals surface area contributed by atoms with E-state index in [-0.39, 0.29) is 12.2 Å². The molecular weight excluding hydrogens is 305 g/mol. The fraction of sp³-hybridized carbons (Fsp3) is 0.143. The van der Waals surface area contributed by atoms with Crippen molar-refractivity contribution in [1.29, 1.82) is 0 Å². The molecule has 0 heterocycles. The van der Waals surface area contributed by atoms with Gasteiger partial charge in [0.1, 0.15) is 5.56 Å². The molecule has 0 atom stereocenters. The summed E-state index contributed by atoms with van der Waals surface area (Å²) >= 11 is 0. The summed E-state index contributed by atoms with van der Waals surface area (Å²) in [5.41, 5.74) is -0.382. The number of hydrogen-bond acceptors (Lipinski definition) is 5. The Morgan fingerprint density at radius 2 is 1.91 bits per heavy atom. The lowest BCUT2D eigenvalue weighted by atomic mass is 10.2. The highest BCUT2D eigenvalue weighted by Gasteiger charge is 2.22. The van der Waals surface area contributed by atoms with Crippen molar-refractivity contribution in [3.8, 4) is 11.5 Å². The van der Waals surface area contributed by atoms with Crippen LogP contribution in [-0.2, 0) is 9.53 Å². The zero-order chi connectivity index (χ0) is 16.7. The van der Waals surface area contributed by atoms with Gasteiger partial charge in [0.15, 0.2) is 11.5 Å². The van der Waals surface area contributed by atoms with Gasteiger partial charge in [-0.05, 0) is 19.1 Å². The van der Waals surface area contributed by atoms with Crippen LogP contribution in [0.4, 0.5) is 13.2 Å². The lowest BCUT2D eigenvalue weighted by Gasteiger charge is -2.12. The highest BCUT2D eigenvalue weighted by molar-refractivity contribution is 5.94. The van der Waals surface area contributed by atoms with Gasteiger partial charge in [-0.1, -0.05) is 12.6 Å². The molecule has 0 aliphatic heterocycles. The summed E-state index contributed by atoms with van der Waals surface area (Å²) < 4.78 is 51.1. The number of carbonyl (C=O) groups excluding carboxylic acids is 2. The van der Waals surface area contributed by atoms with Crippen LogP contribution in [0.3, 0.4) is 0 Å². The van der Waals surface area contributed by atoms with Crippen LogP contribution in [-0.4, -0.2) is 18.5 Å². The molecule has 0 amide bonds. The van der Waals surface area contributed by atoms with Gasteiger partial charge in [-0.15, -0.1) is 0 Å². The lowest BCUT2D eigenvalue weighted by molar-refractivity contribution is -0.129. The van der Waals surface area contributed by atoms with Gasteiger partial charge in [-0.25, -0.2) is 9.59 Å². The molecule has 1 aromatic carbocycles. The number of carbonyl (C=O) groups is 2. The number of rotatable bonds is 6. The molecule has 1 rings (SSSR count). The van der Waals surface area contributed by atoms with Crippen LogP contribution in [0.5, 0.6) is 11.5 Å². The molecule has 8 heteroatoms. The molecule has 0 spiro atoms. The summed E-state index contributed by atoms with van der Waals surface area (Å²) in [6.07, 6.45) is -1.94. The van der Waals surface area contributed by atoms with Crippen molar-refractivity contribution in [3.63, 3.8) is 0 Å². The van der Waals surface area contributed by atoms with Crippen LogP contribution in [0.1, 0.15) is 17.3 Å². The Hall–Kier alpha value is -2.77. The van der Waals surface area contributed by atoms with Gasteiger partial charge in [0.25, 0.3) is 0 Å². The van der Waals surface area contributed by atoms with Crippen molar-refractivity contribution in [2.45, 2.75) is 6.92 Å². The summed E-state index contributed by atoms with van der Waals surface area (Å²) in [4.78, 5) is 22.9. The van der Waals surface area contributed by atoms with Crippen LogP contribution in [0, 0.1) is 0 Å². The van der Waals surface area contributed by atoms with Gasteiger partial charge in [-0.3, -0.25) is 0 Å². The molecule has 0 radical (unpaired) electrons. The van der Waals surface area contributed by atoms with E-state index in [9.17, 15) is 22.8 Å². The Morgan fingerprint density at radius 3 is 2.45 bits per heavy atom. The Kier molecular flexibility index (Phi) is 6.18. The molecule has 0 N–H and O–H groups in total. The smallest absolute Gasteiger partial charge is 0.344 e. The van der Waals surface area contributed by atoms with E-state index in [0.717, 1.165) is 18.2 Å². The van der Waals surface area contributed by atoms with Crippen LogP contribution >= 0.6 is 0 Å². The fourth-order valence-corrected chi connectivity index (χ4v) is 1.35. The molecular formula is C14H11F3O5. The second kappa shape index (κ2) is 7.87. The molecule has 0 saturated heterocycles. The topological polar surface area (TPSA) is 61.8 Å². The number of hydrogen-bond donors (Lipinski definition) is 0. The number of para-hydroxylation sites is 1. The zero-order valence-electron chi connectivity index (χ0n) is 11.4. The maximum atomic E-state index is 13.0. The van der Waals surface area contributed by atoms with Crippen LogP contribution in [0.25, 0.3) is 0 Å². The number of ether oxygens (including phenoxy) is 3. The van der Waals surface area contributed by atoms with Crippen LogP contribution < -0.4 is 9.47 Å². The Bertz CT molecular complexity index is 621. The molecule has 0 aliphatic rings. The minimum Gasteiger partial charge on any atom is -0.462 e. The summed E-state index contributed by atoms with van der Waals surface area (Å²) in [7, 11) is 0. The van der Waals surface area contributed by atoms with E-state index in [0.29, 0.717) is 0 Å². The first-order valence-electron chi connectivity index (χ1n) is 5.93. The summed E-state index contributed by atoms with van der Waals surface area (Å²) in [6.45, 7) is 4.66. The molecule has 0 fully saturated rings. The minimum atomic E-state index is -2.74. The van der Waals surface area contributed by atoms with Crippen molar-refractivity contribution < 1.29 is 37.0 Å². The monoisotopic (exact) mass is 316 g/mol. The number of esters is 2. The third-order valence-corrected chi connectivity index (χ3v) is 2.19. The maximum Gasteiger partial charge on any atom is 0.344 e. The van der Waals surface area contributed by atoms with E-state index in [2.05, 4.69) is 11.3 Å². The second-order valence-electron chi connectivity index (χ2n) is 3.61. The molecule has 0 bridgehead atoms. The SMILES string of the molecule is C=CC(=O)Oc1cccc(C(=O)OCC)c1OC(F)=C(F)F. The van der Waals surface area contributed by atoms with E-state index >= 15 is 0 Å². The third kappa shape index (κ3) is 4.37. The van der Waals surface area contributed by atoms with Crippen molar-refractivity contribution in [1.82, 2.24) is 0 Å². The number of halogens is 3.